The lowest BCUT2D eigenvalue weighted by molar-refractivity contribution is -0.136. The number of hydrogen-bond acceptors (Lipinski definition) is 4. The predicted molar refractivity (Wildman–Crippen MR) is 115 cm³/mol. The third-order valence-corrected chi connectivity index (χ3v) is 5.03. The average Bonchev–Trinajstić information content (AvgIpc) is 2.72. The van der Waals surface area contributed by atoms with Crippen LogP contribution in [0.4, 0.5) is 20.6 Å². The fourth-order valence-corrected chi connectivity index (χ4v) is 3.34. The first kappa shape index (κ1) is 21.7. The van der Waals surface area contributed by atoms with Gasteiger partial charge in [-0.25, -0.2) is 9.18 Å². The van der Waals surface area contributed by atoms with Gasteiger partial charge in [0.15, 0.2) is 0 Å². The van der Waals surface area contributed by atoms with Crippen LogP contribution in [0.2, 0.25) is 0 Å². The van der Waals surface area contributed by atoms with Crippen LogP contribution in [-0.2, 0) is 11.3 Å². The fraction of sp³-hybridized carbons (Fsp3) is 0.409. The van der Waals surface area contributed by atoms with E-state index in [1.807, 2.05) is 25.7 Å². The summed E-state index contributed by atoms with van der Waals surface area (Å²) in [6, 6.07) is 7.71. The molecule has 1 aromatic carbocycles. The first-order chi connectivity index (χ1) is 14.3. The van der Waals surface area contributed by atoms with Crippen LogP contribution in [0.15, 0.2) is 36.5 Å². The number of carbonyl (C=O) groups is 2. The van der Waals surface area contributed by atoms with Crippen molar-refractivity contribution in [3.63, 3.8) is 0 Å². The topological polar surface area (TPSA) is 77.6 Å². The van der Waals surface area contributed by atoms with E-state index < -0.39 is 11.8 Å². The van der Waals surface area contributed by atoms with Crippen LogP contribution < -0.4 is 10.6 Å². The number of hydrogen-bond donors (Lipinski definition) is 2. The molecule has 0 spiro atoms. The molecule has 1 saturated heterocycles. The van der Waals surface area contributed by atoms with Crippen molar-refractivity contribution in [2.75, 3.05) is 36.8 Å². The van der Waals surface area contributed by atoms with Gasteiger partial charge in [0.1, 0.15) is 5.82 Å². The first-order valence-corrected chi connectivity index (χ1v) is 10.1. The van der Waals surface area contributed by atoms with Crippen LogP contribution in [0, 0.1) is 18.7 Å². The Kier molecular flexibility index (Phi) is 6.99. The first-order valence-electron chi connectivity index (χ1n) is 10.1. The summed E-state index contributed by atoms with van der Waals surface area (Å²) in [6.45, 7) is 9.21. The molecule has 8 heteroatoms. The molecule has 1 aliphatic heterocycles. The van der Waals surface area contributed by atoms with Gasteiger partial charge in [0, 0.05) is 44.3 Å². The highest BCUT2D eigenvalue weighted by Crippen LogP contribution is 2.19. The number of nitrogens with zero attached hydrogens (tertiary/aromatic N) is 3. The van der Waals surface area contributed by atoms with E-state index in [-0.39, 0.29) is 17.5 Å². The maximum Gasteiger partial charge on any atom is 0.323 e. The number of nitrogens with one attached hydrogen (secondary N) is 2. The van der Waals surface area contributed by atoms with Crippen molar-refractivity contribution in [1.82, 2.24) is 14.8 Å². The number of aryl methyl sites for hydroxylation is 1. The van der Waals surface area contributed by atoms with Gasteiger partial charge >= 0.3 is 6.03 Å². The van der Waals surface area contributed by atoms with Crippen LogP contribution in [-0.4, -0.2) is 52.9 Å². The molecule has 7 nitrogen and oxygen atoms in total. The molecule has 1 fully saturated rings. The molecule has 3 amide bonds. The summed E-state index contributed by atoms with van der Waals surface area (Å²) in [5, 5.41) is 5.20. The molecule has 160 valence electrons. The van der Waals surface area contributed by atoms with Gasteiger partial charge in [0.25, 0.3) is 0 Å². The predicted octanol–water partition coefficient (Wildman–Crippen LogP) is 3.47. The highest BCUT2D eigenvalue weighted by molar-refractivity contribution is 5.99. The van der Waals surface area contributed by atoms with Crippen molar-refractivity contribution in [1.29, 1.82) is 0 Å². The minimum atomic E-state index is -0.530. The molecule has 0 saturated carbocycles. The number of piperazine rings is 1. The lowest BCUT2D eigenvalue weighted by Gasteiger charge is -2.35. The van der Waals surface area contributed by atoms with Gasteiger partial charge in [-0.15, -0.1) is 0 Å². The van der Waals surface area contributed by atoms with Crippen molar-refractivity contribution < 1.29 is 14.0 Å². The van der Waals surface area contributed by atoms with E-state index in [1.54, 1.807) is 30.5 Å². The van der Waals surface area contributed by atoms with Crippen molar-refractivity contribution in [3.05, 3.63) is 53.6 Å². The summed E-state index contributed by atoms with van der Waals surface area (Å²) >= 11 is 0. The Labute approximate surface area is 176 Å². The second-order valence-electron chi connectivity index (χ2n) is 7.84. The third-order valence-electron chi connectivity index (χ3n) is 5.03. The Hall–Kier alpha value is -3.00. The summed E-state index contributed by atoms with van der Waals surface area (Å²) in [5.41, 5.74) is 2.39. The summed E-state index contributed by atoms with van der Waals surface area (Å²) in [6.07, 6.45) is 1.55. The molecule has 0 aliphatic carbocycles. The normalized spacial score (nSPS) is 14.6. The van der Waals surface area contributed by atoms with Crippen molar-refractivity contribution in [2.45, 2.75) is 27.3 Å². The summed E-state index contributed by atoms with van der Waals surface area (Å²) in [4.78, 5) is 32.5. The SMILES string of the molecule is Cc1ccc(NC(=O)Nc2cc(CN3CCN(C(=O)C(C)C)CC3)ccc2F)cn1. The number of carbonyl (C=O) groups excluding carboxylic acids is 2. The van der Waals surface area contributed by atoms with E-state index in [4.69, 9.17) is 0 Å². The van der Waals surface area contributed by atoms with E-state index in [2.05, 4.69) is 20.5 Å². The van der Waals surface area contributed by atoms with E-state index in [9.17, 15) is 14.0 Å². The molecule has 0 atom stereocenters. The van der Waals surface area contributed by atoms with Gasteiger partial charge in [-0.3, -0.25) is 14.7 Å². The van der Waals surface area contributed by atoms with E-state index in [1.165, 1.54) is 6.07 Å². The quantitative estimate of drug-likeness (QED) is 0.787. The van der Waals surface area contributed by atoms with Crippen LogP contribution in [0.5, 0.6) is 0 Å². The number of benzene rings is 1. The Morgan fingerprint density at radius 2 is 1.83 bits per heavy atom. The van der Waals surface area contributed by atoms with Crippen molar-refractivity contribution in [3.8, 4) is 0 Å². The molecule has 3 rings (SSSR count). The molecule has 1 aliphatic rings. The van der Waals surface area contributed by atoms with Crippen LogP contribution in [0.25, 0.3) is 0 Å². The number of aromatic nitrogens is 1. The highest BCUT2D eigenvalue weighted by Gasteiger charge is 2.23. The largest absolute Gasteiger partial charge is 0.340 e. The smallest absolute Gasteiger partial charge is 0.323 e. The Morgan fingerprint density at radius 1 is 1.10 bits per heavy atom. The molecular formula is C22H28FN5O2. The zero-order valence-electron chi connectivity index (χ0n) is 17.6. The second-order valence-corrected chi connectivity index (χ2v) is 7.84. The third kappa shape index (κ3) is 5.76. The minimum Gasteiger partial charge on any atom is -0.340 e. The van der Waals surface area contributed by atoms with E-state index in [0.29, 0.717) is 25.3 Å². The standard InChI is InChI=1S/C22H28FN5O2/c1-15(2)21(29)28-10-8-27(9-11-28)14-17-5-7-19(23)20(12-17)26-22(30)25-18-6-4-16(3)24-13-18/h4-7,12-13,15H,8-11,14H2,1-3H3,(H2,25,26,30). The molecule has 30 heavy (non-hydrogen) atoms. The molecule has 2 heterocycles. The Bertz CT molecular complexity index is 893. The van der Waals surface area contributed by atoms with Crippen LogP contribution >= 0.6 is 0 Å². The number of halogens is 1. The summed E-state index contributed by atoms with van der Waals surface area (Å²) in [5.74, 6) is -0.315. The summed E-state index contributed by atoms with van der Waals surface area (Å²) < 4.78 is 14.2. The van der Waals surface area contributed by atoms with Gasteiger partial charge in [-0.2, -0.15) is 0 Å². The Balaban J connectivity index is 1.57. The van der Waals surface area contributed by atoms with Crippen molar-refractivity contribution >= 4 is 23.3 Å². The van der Waals surface area contributed by atoms with Crippen LogP contribution in [0.3, 0.4) is 0 Å². The second kappa shape index (κ2) is 9.67. The number of rotatable bonds is 5. The molecule has 0 unspecified atom stereocenters. The van der Waals surface area contributed by atoms with Crippen LogP contribution in [0.1, 0.15) is 25.1 Å². The zero-order chi connectivity index (χ0) is 21.7. The molecule has 2 aromatic rings. The molecule has 2 N–H and O–H groups in total. The summed E-state index contributed by atoms with van der Waals surface area (Å²) in [7, 11) is 0. The van der Waals surface area contributed by atoms with Gasteiger partial charge in [-0.1, -0.05) is 19.9 Å². The zero-order valence-corrected chi connectivity index (χ0v) is 17.6. The van der Waals surface area contributed by atoms with Gasteiger partial charge in [-0.05, 0) is 36.8 Å². The monoisotopic (exact) mass is 413 g/mol. The molecule has 0 radical (unpaired) electrons. The minimum absolute atomic E-state index is 0.00381. The lowest BCUT2D eigenvalue weighted by atomic mass is 10.1. The number of amides is 3. The molecule has 1 aromatic heterocycles. The van der Waals surface area contributed by atoms with Gasteiger partial charge < -0.3 is 15.5 Å². The lowest BCUT2D eigenvalue weighted by Crippen LogP contribution is -2.49. The van der Waals surface area contributed by atoms with Gasteiger partial charge in [0.2, 0.25) is 5.91 Å². The maximum absolute atomic E-state index is 14.2. The molecule has 0 bridgehead atoms. The fourth-order valence-electron chi connectivity index (χ4n) is 3.34. The highest BCUT2D eigenvalue weighted by atomic mass is 19.1. The number of anilines is 2. The van der Waals surface area contributed by atoms with E-state index >= 15 is 0 Å². The maximum atomic E-state index is 14.2. The number of urea groups is 1. The number of pyridine rings is 1. The van der Waals surface area contributed by atoms with Gasteiger partial charge in [0.05, 0.1) is 17.6 Å². The average molecular weight is 413 g/mol. The van der Waals surface area contributed by atoms with E-state index in [0.717, 1.165) is 24.3 Å². The van der Waals surface area contributed by atoms with Crippen molar-refractivity contribution in [2.24, 2.45) is 5.92 Å². The Morgan fingerprint density at radius 3 is 2.47 bits per heavy atom. The molecular weight excluding hydrogens is 385 g/mol.